The molecule has 0 saturated carbocycles. The van der Waals surface area contributed by atoms with Gasteiger partial charge < -0.3 is 82.1 Å². The number of nitrogens with zero attached hydrogens (tertiary/aromatic N) is 7. The number of hydrogen-bond donors (Lipinski definition) is 12. The van der Waals surface area contributed by atoms with Crippen LogP contribution >= 0.6 is 0 Å². The van der Waals surface area contributed by atoms with Gasteiger partial charge in [-0.2, -0.15) is 0 Å². The summed E-state index contributed by atoms with van der Waals surface area (Å²) in [5.74, 6) is -9.24. The van der Waals surface area contributed by atoms with Crippen molar-refractivity contribution in [3.05, 3.63) is 41.2 Å². The van der Waals surface area contributed by atoms with Crippen molar-refractivity contribution >= 4 is 71.8 Å². The molecule has 4 rings (SSSR count). The van der Waals surface area contributed by atoms with E-state index in [1.54, 1.807) is 6.20 Å². The van der Waals surface area contributed by atoms with E-state index in [0.717, 1.165) is 0 Å². The van der Waals surface area contributed by atoms with Crippen molar-refractivity contribution in [2.75, 3.05) is 72.1 Å². The zero-order valence-electron chi connectivity index (χ0n) is 43.0. The molecule has 2 saturated heterocycles. The van der Waals surface area contributed by atoms with Crippen molar-refractivity contribution in [1.29, 1.82) is 0 Å². The van der Waals surface area contributed by atoms with E-state index in [9.17, 15) is 82.4 Å². The number of aliphatic carboxylic acids is 6. The molecule has 3 heterocycles. The smallest absolute Gasteiger partial charge is 0.326 e. The number of benzene rings is 1. The fraction of sp³-hybridized carbons (Fsp3) is 0.574. The summed E-state index contributed by atoms with van der Waals surface area (Å²) in [6, 6.07) is -4.55. The van der Waals surface area contributed by atoms with E-state index < -0.39 is 128 Å². The highest BCUT2D eigenvalue weighted by atomic mass is 19.1. The highest BCUT2D eigenvalue weighted by Gasteiger charge is 2.31. The number of nitrogens with one attached hydrogen (secondary N) is 6. The molecule has 0 radical (unpaired) electrons. The van der Waals surface area contributed by atoms with Crippen molar-refractivity contribution in [1.82, 2.24) is 66.5 Å². The van der Waals surface area contributed by atoms with Crippen molar-refractivity contribution < 1.29 is 92.6 Å². The molecular formula is C47H66FN13O18. The summed E-state index contributed by atoms with van der Waals surface area (Å²) in [6.07, 6.45) is 1.03. The van der Waals surface area contributed by atoms with Gasteiger partial charge in [0.15, 0.2) is 0 Å². The van der Waals surface area contributed by atoms with E-state index in [0.29, 0.717) is 24.2 Å². The molecule has 0 aliphatic carbocycles. The van der Waals surface area contributed by atoms with Gasteiger partial charge >= 0.3 is 59.9 Å². The van der Waals surface area contributed by atoms with Crippen LogP contribution in [-0.4, -0.2) is 233 Å². The SMILES string of the molecule is O=C(O)CCC(NC(=O)N[C@@H](CCCCNC(=O)N1CCN(C(=O)c2cc(C(=O)N3CCN(C(=O)NCCCC[C@H](NC(=O)NC(CCC(=O)O)C(=O)O)C(=O)O)CC3)cc(-n3cc(CCCF)nn3)c2)CC1)C(=O)O)C(=O)O. The number of urea groups is 4. The first kappa shape index (κ1) is 62.7. The van der Waals surface area contributed by atoms with Crippen molar-refractivity contribution in [3.8, 4) is 5.69 Å². The Balaban J connectivity index is 1.27. The number of amides is 10. The minimum Gasteiger partial charge on any atom is -0.481 e. The minimum atomic E-state index is -1.56. The molecule has 434 valence electrons. The number of halogens is 1. The van der Waals surface area contributed by atoms with Gasteiger partial charge in [0.2, 0.25) is 0 Å². The van der Waals surface area contributed by atoms with E-state index in [2.05, 4.69) is 42.2 Å². The second-order valence-corrected chi connectivity index (χ2v) is 18.4. The molecule has 10 amide bonds. The topological polar surface area (TPSA) is 442 Å². The Kier molecular flexibility index (Phi) is 24.9. The van der Waals surface area contributed by atoms with E-state index >= 15 is 0 Å². The molecule has 79 heavy (non-hydrogen) atoms. The zero-order chi connectivity index (χ0) is 58.2. The fourth-order valence-electron chi connectivity index (χ4n) is 8.21. The Morgan fingerprint density at radius 2 is 0.861 bits per heavy atom. The monoisotopic (exact) mass is 1120 g/mol. The quantitative estimate of drug-likeness (QED) is 0.0442. The lowest BCUT2D eigenvalue weighted by Crippen LogP contribution is -2.53. The van der Waals surface area contributed by atoms with Gasteiger partial charge in [0.1, 0.15) is 24.2 Å². The highest BCUT2D eigenvalue weighted by Crippen LogP contribution is 2.20. The second kappa shape index (κ2) is 31.4. The number of unbranched alkanes of at least 4 members (excludes halogenated alkanes) is 2. The maximum atomic E-state index is 14.1. The van der Waals surface area contributed by atoms with Crippen LogP contribution in [0.4, 0.5) is 23.6 Å². The first-order valence-corrected chi connectivity index (χ1v) is 25.3. The van der Waals surface area contributed by atoms with Crippen LogP contribution in [0.15, 0.2) is 24.4 Å². The molecule has 31 nitrogen and oxygen atoms in total. The summed E-state index contributed by atoms with van der Waals surface area (Å²) in [5, 5.41) is 77.4. The molecule has 32 heteroatoms. The Labute approximate surface area is 450 Å². The molecule has 2 unspecified atom stereocenters. The standard InChI is InChI=1S/C47H66FN13O18/c48-13-5-6-30-27-61(56-55-30)31-25-28(38(66)57-16-20-59(21-17-57)46(78)49-14-3-1-7-32(40(68)69)51-44(76)53-34(42(72)73)9-11-36(62)63)24-29(26-31)39(67)58-18-22-60(23-19-58)47(79)50-15-4-2-8-33(41(70)71)52-45(77)54-35(43(74)75)10-12-37(64)65/h24-27,32-35H,1-23H2,(H,49,78)(H,50,79)(H,62,63)(H,64,65)(H,68,69)(H,70,71)(H,72,73)(H,74,75)(H2,51,53,76)(H2,52,54,77)/t32-,33-,34?,35?/m0/s1. The maximum absolute atomic E-state index is 14.1. The zero-order valence-corrected chi connectivity index (χ0v) is 43.0. The molecule has 0 spiro atoms. The fourth-order valence-corrected chi connectivity index (χ4v) is 8.21. The number of carboxylic acid groups (broad SMARTS) is 6. The number of carbonyl (C=O) groups is 12. The molecular weight excluding hydrogens is 1050 g/mol. The third kappa shape index (κ3) is 20.9. The van der Waals surface area contributed by atoms with E-state index in [4.69, 9.17) is 10.2 Å². The van der Waals surface area contributed by atoms with E-state index in [1.807, 2.05) is 0 Å². The van der Waals surface area contributed by atoms with Crippen molar-refractivity contribution in [3.63, 3.8) is 0 Å². The number of carbonyl (C=O) groups excluding carboxylic acids is 6. The van der Waals surface area contributed by atoms with Crippen LogP contribution in [0.3, 0.4) is 0 Å². The lowest BCUT2D eigenvalue weighted by Gasteiger charge is -2.35. The highest BCUT2D eigenvalue weighted by molar-refractivity contribution is 6.01. The first-order chi connectivity index (χ1) is 37.6. The van der Waals surface area contributed by atoms with Crippen LogP contribution in [0.25, 0.3) is 5.69 Å². The Hall–Kier alpha value is -8.87. The summed E-state index contributed by atoms with van der Waals surface area (Å²) in [6.45, 7) is 0.655. The predicted molar refractivity (Wildman–Crippen MR) is 268 cm³/mol. The predicted octanol–water partition coefficient (Wildman–Crippen LogP) is -0.414. The van der Waals surface area contributed by atoms with Gasteiger partial charge in [0.05, 0.1) is 24.3 Å². The number of piperazine rings is 2. The number of aryl methyl sites for hydroxylation is 1. The molecule has 12 N–H and O–H groups in total. The summed E-state index contributed by atoms with van der Waals surface area (Å²) >= 11 is 0. The maximum Gasteiger partial charge on any atom is 0.326 e. The van der Waals surface area contributed by atoms with Gasteiger partial charge in [-0.3, -0.25) is 23.6 Å². The average molecular weight is 1120 g/mol. The third-order valence-corrected chi connectivity index (χ3v) is 12.6. The average Bonchev–Trinajstić information content (AvgIpc) is 4.01. The van der Waals surface area contributed by atoms with Gasteiger partial charge in [-0.15, -0.1) is 5.10 Å². The molecule has 2 aliphatic rings. The van der Waals surface area contributed by atoms with Gasteiger partial charge in [-0.05, 0) is 82.4 Å². The summed E-state index contributed by atoms with van der Waals surface area (Å²) in [4.78, 5) is 153. The van der Waals surface area contributed by atoms with E-state index in [1.165, 1.54) is 42.5 Å². The Morgan fingerprint density at radius 3 is 1.22 bits per heavy atom. The van der Waals surface area contributed by atoms with Crippen molar-refractivity contribution in [2.45, 2.75) is 101 Å². The van der Waals surface area contributed by atoms with Crippen LogP contribution in [-0.2, 0) is 35.2 Å². The largest absolute Gasteiger partial charge is 0.481 e. The summed E-state index contributed by atoms with van der Waals surface area (Å²) in [5.41, 5.74) is 1.03. The van der Waals surface area contributed by atoms with Crippen LogP contribution in [0, 0.1) is 0 Å². The summed E-state index contributed by atoms with van der Waals surface area (Å²) < 4.78 is 14.3. The van der Waals surface area contributed by atoms with Crippen LogP contribution < -0.4 is 31.9 Å². The van der Waals surface area contributed by atoms with Crippen LogP contribution in [0.5, 0.6) is 0 Å². The van der Waals surface area contributed by atoms with Gasteiger partial charge in [-0.25, -0.2) is 43.0 Å². The van der Waals surface area contributed by atoms with Gasteiger partial charge in [0, 0.05) is 89.4 Å². The number of alkyl halides is 1. The Bertz CT molecular complexity index is 2370. The molecule has 2 fully saturated rings. The number of hydrogen-bond acceptors (Lipinski definition) is 14. The number of rotatable bonds is 30. The minimum absolute atomic E-state index is 0.0750. The number of aromatic nitrogens is 3. The molecule has 1 aromatic carbocycles. The number of carboxylic acids is 6. The molecule has 4 atom stereocenters. The molecule has 1 aromatic heterocycles. The lowest BCUT2D eigenvalue weighted by molar-refractivity contribution is -0.142. The van der Waals surface area contributed by atoms with Crippen LogP contribution in [0.2, 0.25) is 0 Å². The Morgan fingerprint density at radius 1 is 0.494 bits per heavy atom. The lowest BCUT2D eigenvalue weighted by atomic mass is 10.1. The molecule has 2 aliphatic heterocycles. The van der Waals surface area contributed by atoms with E-state index in [-0.39, 0.29) is 115 Å². The molecule has 0 bridgehead atoms. The van der Waals surface area contributed by atoms with Crippen LogP contribution in [0.1, 0.15) is 97.0 Å². The second-order valence-electron chi connectivity index (χ2n) is 18.4. The van der Waals surface area contributed by atoms with Crippen molar-refractivity contribution in [2.24, 2.45) is 0 Å². The first-order valence-electron chi connectivity index (χ1n) is 25.3. The summed E-state index contributed by atoms with van der Waals surface area (Å²) in [7, 11) is 0. The van der Waals surface area contributed by atoms with Gasteiger partial charge in [0.25, 0.3) is 11.8 Å². The van der Waals surface area contributed by atoms with Gasteiger partial charge in [-0.1, -0.05) is 5.21 Å². The third-order valence-electron chi connectivity index (χ3n) is 12.6. The normalized spacial score (nSPS) is 14.8. The molecule has 2 aromatic rings.